The molecule has 1 aromatic rings. The minimum absolute atomic E-state index is 0.386. The molecule has 2 unspecified atom stereocenters. The summed E-state index contributed by atoms with van der Waals surface area (Å²) < 4.78 is 6.32. The van der Waals surface area contributed by atoms with Gasteiger partial charge in [-0.1, -0.05) is 35.0 Å². The minimum atomic E-state index is 0.386. The van der Waals surface area contributed by atoms with E-state index in [0.29, 0.717) is 12.0 Å². The van der Waals surface area contributed by atoms with E-state index in [-0.39, 0.29) is 0 Å². The third-order valence-corrected chi connectivity index (χ3v) is 4.09. The van der Waals surface area contributed by atoms with E-state index in [1.54, 1.807) is 7.11 Å². The predicted octanol–water partition coefficient (Wildman–Crippen LogP) is 3.69. The molecule has 0 aliphatic rings. The van der Waals surface area contributed by atoms with Crippen molar-refractivity contribution in [1.29, 1.82) is 0 Å². The molecular weight excluding hydrogens is 278 g/mol. The first-order chi connectivity index (χ1) is 8.10. The number of hydrogen-bond donors (Lipinski definition) is 1. The molecule has 0 saturated heterocycles. The molecule has 96 valence electrons. The summed E-state index contributed by atoms with van der Waals surface area (Å²) in [6.45, 7) is 5.20. The number of rotatable bonds is 6. The Morgan fingerprint density at radius 3 is 2.65 bits per heavy atom. The van der Waals surface area contributed by atoms with Gasteiger partial charge in [-0.05, 0) is 43.5 Å². The van der Waals surface area contributed by atoms with Crippen molar-refractivity contribution in [1.82, 2.24) is 5.32 Å². The Kier molecular flexibility index (Phi) is 6.17. The lowest BCUT2D eigenvalue weighted by atomic mass is 9.91. The number of nitrogens with one attached hydrogen (secondary N) is 1. The molecule has 0 radical (unpaired) electrons. The molecule has 2 nitrogen and oxygen atoms in total. The van der Waals surface area contributed by atoms with Gasteiger partial charge in [-0.25, -0.2) is 0 Å². The van der Waals surface area contributed by atoms with E-state index in [1.165, 1.54) is 15.6 Å². The molecule has 0 aliphatic carbocycles. The van der Waals surface area contributed by atoms with Crippen LogP contribution < -0.4 is 5.32 Å². The van der Waals surface area contributed by atoms with Gasteiger partial charge in [-0.2, -0.15) is 0 Å². The largest absolute Gasteiger partial charge is 0.385 e. The maximum Gasteiger partial charge on any atom is 0.0465 e. The second kappa shape index (κ2) is 7.14. The molecule has 17 heavy (non-hydrogen) atoms. The third kappa shape index (κ3) is 4.09. The molecule has 1 rings (SSSR count). The second-order valence-corrected chi connectivity index (χ2v) is 5.39. The molecule has 0 heterocycles. The maximum absolute atomic E-state index is 5.15. The second-order valence-electron chi connectivity index (χ2n) is 4.53. The van der Waals surface area contributed by atoms with Crippen LogP contribution in [0.25, 0.3) is 0 Å². The first kappa shape index (κ1) is 14.7. The summed E-state index contributed by atoms with van der Waals surface area (Å²) in [6, 6.07) is 6.94. The number of hydrogen-bond acceptors (Lipinski definition) is 2. The number of methoxy groups -OCH3 is 1. The Morgan fingerprint density at radius 1 is 1.41 bits per heavy atom. The summed E-state index contributed by atoms with van der Waals surface area (Å²) in [5.41, 5.74) is 2.62. The molecular formula is C14H22BrNO. The first-order valence-corrected chi connectivity index (χ1v) is 6.81. The molecule has 1 aromatic carbocycles. The average molecular weight is 300 g/mol. The topological polar surface area (TPSA) is 21.3 Å². The lowest BCUT2D eigenvalue weighted by Gasteiger charge is -2.24. The minimum Gasteiger partial charge on any atom is -0.385 e. The zero-order valence-electron chi connectivity index (χ0n) is 11.1. The lowest BCUT2D eigenvalue weighted by molar-refractivity contribution is 0.171. The molecule has 0 aromatic heterocycles. The summed E-state index contributed by atoms with van der Waals surface area (Å²) in [5, 5.41) is 3.40. The van der Waals surface area contributed by atoms with Crippen molar-refractivity contribution < 1.29 is 4.74 Å². The highest BCUT2D eigenvalue weighted by atomic mass is 79.9. The standard InChI is InChI=1S/C14H22BrNO/c1-10(7-8-17-4)14(16-3)12-5-6-13(15)11(2)9-12/h5-6,9-10,14,16H,7-8H2,1-4H3. The van der Waals surface area contributed by atoms with E-state index >= 15 is 0 Å². The van der Waals surface area contributed by atoms with Crippen molar-refractivity contribution in [2.75, 3.05) is 20.8 Å². The quantitative estimate of drug-likeness (QED) is 0.865. The highest BCUT2D eigenvalue weighted by Crippen LogP contribution is 2.27. The third-order valence-electron chi connectivity index (χ3n) is 3.20. The Morgan fingerprint density at radius 2 is 2.12 bits per heavy atom. The first-order valence-electron chi connectivity index (χ1n) is 6.02. The molecule has 1 N–H and O–H groups in total. The monoisotopic (exact) mass is 299 g/mol. The Labute approximate surface area is 113 Å². The van der Waals surface area contributed by atoms with E-state index < -0.39 is 0 Å². The molecule has 0 fully saturated rings. The molecule has 0 aliphatic heterocycles. The van der Waals surface area contributed by atoms with Gasteiger partial charge < -0.3 is 10.1 Å². The van der Waals surface area contributed by atoms with Crippen LogP contribution in [-0.2, 0) is 4.74 Å². The van der Waals surface area contributed by atoms with Gasteiger partial charge in [0.2, 0.25) is 0 Å². The Balaban J connectivity index is 2.81. The van der Waals surface area contributed by atoms with Crippen LogP contribution in [0.3, 0.4) is 0 Å². The number of halogens is 1. The van der Waals surface area contributed by atoms with E-state index in [4.69, 9.17) is 4.74 Å². The van der Waals surface area contributed by atoms with Gasteiger partial charge in [-0.15, -0.1) is 0 Å². The predicted molar refractivity (Wildman–Crippen MR) is 76.3 cm³/mol. The van der Waals surface area contributed by atoms with E-state index in [9.17, 15) is 0 Å². The zero-order valence-corrected chi connectivity index (χ0v) is 12.7. The van der Waals surface area contributed by atoms with Crippen LogP contribution in [0.15, 0.2) is 22.7 Å². The van der Waals surface area contributed by atoms with Crippen molar-refractivity contribution in [3.63, 3.8) is 0 Å². The lowest BCUT2D eigenvalue weighted by Crippen LogP contribution is -2.24. The van der Waals surface area contributed by atoms with Crippen molar-refractivity contribution in [2.45, 2.75) is 26.3 Å². The van der Waals surface area contributed by atoms with Crippen molar-refractivity contribution in [3.05, 3.63) is 33.8 Å². The number of ether oxygens (including phenoxy) is 1. The van der Waals surface area contributed by atoms with Gasteiger partial charge in [0.05, 0.1) is 0 Å². The van der Waals surface area contributed by atoms with E-state index in [0.717, 1.165) is 13.0 Å². The summed E-state index contributed by atoms with van der Waals surface area (Å²) >= 11 is 3.54. The average Bonchev–Trinajstić information content (AvgIpc) is 2.32. The van der Waals surface area contributed by atoms with Gasteiger partial charge in [-0.3, -0.25) is 0 Å². The molecule has 0 spiro atoms. The summed E-state index contributed by atoms with van der Waals surface area (Å²) in [5.74, 6) is 0.556. The van der Waals surface area contributed by atoms with E-state index in [1.807, 2.05) is 7.05 Å². The molecule has 0 amide bonds. The van der Waals surface area contributed by atoms with Gasteiger partial charge >= 0.3 is 0 Å². The summed E-state index contributed by atoms with van der Waals surface area (Å²) in [4.78, 5) is 0. The van der Waals surface area contributed by atoms with Crippen LogP contribution in [0.5, 0.6) is 0 Å². The van der Waals surface area contributed by atoms with Gasteiger partial charge in [0, 0.05) is 24.2 Å². The highest BCUT2D eigenvalue weighted by Gasteiger charge is 2.17. The van der Waals surface area contributed by atoms with Crippen molar-refractivity contribution in [2.24, 2.45) is 5.92 Å². The SMILES string of the molecule is CNC(c1ccc(Br)c(C)c1)C(C)CCOC. The van der Waals surface area contributed by atoms with Gasteiger partial charge in [0.25, 0.3) is 0 Å². The Bertz CT molecular complexity index is 354. The normalized spacial score (nSPS) is 14.6. The molecule has 0 bridgehead atoms. The molecule has 2 atom stereocenters. The fourth-order valence-corrected chi connectivity index (χ4v) is 2.36. The van der Waals surface area contributed by atoms with Crippen LogP contribution in [0.1, 0.15) is 30.5 Å². The van der Waals surface area contributed by atoms with Crippen LogP contribution in [0.4, 0.5) is 0 Å². The summed E-state index contributed by atoms with van der Waals surface area (Å²) in [6.07, 6.45) is 1.07. The highest BCUT2D eigenvalue weighted by molar-refractivity contribution is 9.10. The smallest absolute Gasteiger partial charge is 0.0465 e. The number of benzene rings is 1. The zero-order chi connectivity index (χ0) is 12.8. The van der Waals surface area contributed by atoms with E-state index in [2.05, 4.69) is 53.3 Å². The van der Waals surface area contributed by atoms with Crippen molar-refractivity contribution in [3.8, 4) is 0 Å². The van der Waals surface area contributed by atoms with Crippen LogP contribution in [0, 0.1) is 12.8 Å². The fraction of sp³-hybridized carbons (Fsp3) is 0.571. The van der Waals surface area contributed by atoms with Gasteiger partial charge in [0.15, 0.2) is 0 Å². The van der Waals surface area contributed by atoms with Crippen LogP contribution in [0.2, 0.25) is 0 Å². The number of aryl methyl sites for hydroxylation is 1. The van der Waals surface area contributed by atoms with Crippen LogP contribution in [-0.4, -0.2) is 20.8 Å². The maximum atomic E-state index is 5.15. The fourth-order valence-electron chi connectivity index (χ4n) is 2.11. The van der Waals surface area contributed by atoms with Gasteiger partial charge in [0.1, 0.15) is 0 Å². The van der Waals surface area contributed by atoms with Crippen molar-refractivity contribution >= 4 is 15.9 Å². The molecule has 0 saturated carbocycles. The molecule has 3 heteroatoms. The Hall–Kier alpha value is -0.380. The summed E-state index contributed by atoms with van der Waals surface area (Å²) in [7, 11) is 3.77. The van der Waals surface area contributed by atoms with Crippen LogP contribution >= 0.6 is 15.9 Å².